The number of nitrogens with zero attached hydrogens (tertiary/aromatic N) is 3. The minimum absolute atomic E-state index is 0.552. The van der Waals surface area contributed by atoms with Crippen LogP contribution in [0.5, 0.6) is 0 Å². The predicted molar refractivity (Wildman–Crippen MR) is 73.8 cm³/mol. The van der Waals surface area contributed by atoms with Gasteiger partial charge in [0.05, 0.1) is 18.4 Å². The molecule has 0 unspecified atom stereocenters. The number of H-pyrrole nitrogens is 1. The Bertz CT molecular complexity index is 631. The van der Waals surface area contributed by atoms with Gasteiger partial charge in [-0.3, -0.25) is 0 Å². The van der Waals surface area contributed by atoms with Gasteiger partial charge >= 0.3 is 0 Å². The van der Waals surface area contributed by atoms with Crippen LogP contribution in [0.1, 0.15) is 23.0 Å². The second-order valence-electron chi connectivity index (χ2n) is 4.50. The third-order valence-electron chi connectivity index (χ3n) is 3.00. The summed E-state index contributed by atoms with van der Waals surface area (Å²) >= 11 is 0. The van der Waals surface area contributed by atoms with Gasteiger partial charge in [-0.05, 0) is 12.0 Å². The maximum absolute atomic E-state index is 5.20. The Morgan fingerprint density at radius 1 is 1.15 bits per heavy atom. The molecule has 1 aromatic carbocycles. The quantitative estimate of drug-likeness (QED) is 0.744. The summed E-state index contributed by atoms with van der Waals surface area (Å²) in [4.78, 5) is 11.4. The topological polar surface area (TPSA) is 67.6 Å². The molecule has 3 rings (SSSR count). The molecule has 0 aliphatic rings. The highest BCUT2D eigenvalue weighted by Crippen LogP contribution is 2.08. The Morgan fingerprint density at radius 3 is 2.85 bits per heavy atom. The van der Waals surface area contributed by atoms with Crippen LogP contribution < -0.4 is 0 Å². The van der Waals surface area contributed by atoms with E-state index in [9.17, 15) is 0 Å². The summed E-state index contributed by atoms with van der Waals surface area (Å²) in [5, 5.41) is 3.99. The van der Waals surface area contributed by atoms with E-state index < -0.39 is 0 Å². The van der Waals surface area contributed by atoms with Gasteiger partial charge in [0, 0.05) is 19.0 Å². The van der Waals surface area contributed by atoms with Crippen LogP contribution in [0, 0.1) is 6.42 Å². The lowest BCUT2D eigenvalue weighted by Crippen LogP contribution is -1.94. The highest BCUT2D eigenvalue weighted by molar-refractivity contribution is 5.15. The Morgan fingerprint density at radius 2 is 2.05 bits per heavy atom. The van der Waals surface area contributed by atoms with Gasteiger partial charge in [0.2, 0.25) is 5.89 Å². The van der Waals surface area contributed by atoms with Crippen molar-refractivity contribution in [3.05, 3.63) is 72.2 Å². The molecule has 0 aliphatic heterocycles. The van der Waals surface area contributed by atoms with Crippen molar-refractivity contribution in [1.82, 2.24) is 20.1 Å². The first kappa shape index (κ1) is 12.6. The van der Waals surface area contributed by atoms with Gasteiger partial charge in [-0.2, -0.15) is 4.98 Å². The molecular formula is C15H15N4O. The van der Waals surface area contributed by atoms with E-state index in [-0.39, 0.29) is 0 Å². The zero-order valence-corrected chi connectivity index (χ0v) is 11.0. The largest absolute Gasteiger partial charge is 0.351 e. The van der Waals surface area contributed by atoms with Crippen LogP contribution in [0.2, 0.25) is 0 Å². The van der Waals surface area contributed by atoms with E-state index in [1.807, 2.05) is 30.8 Å². The summed E-state index contributed by atoms with van der Waals surface area (Å²) in [5.41, 5.74) is 2.23. The minimum atomic E-state index is 0.552. The van der Waals surface area contributed by atoms with Crippen LogP contribution in [-0.4, -0.2) is 20.1 Å². The standard InChI is InChI=1S/C15H15N4O/c1-2-4-12(5-3-1)6-8-14-18-15(20-19-14)9-7-13-10-16-11-17-13/h1-5,9-11H,6-8H2,(H,16,17). The molecule has 0 atom stereocenters. The normalized spacial score (nSPS) is 10.8. The molecule has 0 aliphatic carbocycles. The van der Waals surface area contributed by atoms with Crippen molar-refractivity contribution < 1.29 is 4.52 Å². The van der Waals surface area contributed by atoms with Crippen molar-refractivity contribution in [2.75, 3.05) is 0 Å². The molecule has 0 saturated carbocycles. The van der Waals surface area contributed by atoms with Crippen molar-refractivity contribution in [2.45, 2.75) is 19.3 Å². The van der Waals surface area contributed by atoms with Crippen LogP contribution in [0.3, 0.4) is 0 Å². The highest BCUT2D eigenvalue weighted by Gasteiger charge is 2.07. The van der Waals surface area contributed by atoms with Crippen molar-refractivity contribution in [3.63, 3.8) is 0 Å². The number of aromatic nitrogens is 4. The van der Waals surface area contributed by atoms with E-state index in [1.165, 1.54) is 5.56 Å². The molecule has 1 radical (unpaired) electrons. The SMILES string of the molecule is [CH](Cc1c[nH]cn1)c1nc(CCc2ccccc2)no1. The summed E-state index contributed by atoms with van der Waals surface area (Å²) in [6.07, 6.45) is 7.77. The lowest BCUT2D eigenvalue weighted by Gasteiger charge is -1.96. The molecule has 2 aromatic heterocycles. The molecule has 1 N–H and O–H groups in total. The number of hydrogen-bond donors (Lipinski definition) is 1. The molecule has 0 amide bonds. The van der Waals surface area contributed by atoms with Crippen LogP contribution >= 0.6 is 0 Å². The van der Waals surface area contributed by atoms with E-state index in [4.69, 9.17) is 4.52 Å². The van der Waals surface area contributed by atoms with Gasteiger partial charge in [-0.25, -0.2) is 4.98 Å². The molecule has 0 saturated heterocycles. The van der Waals surface area contributed by atoms with Gasteiger partial charge in [0.1, 0.15) is 0 Å². The van der Waals surface area contributed by atoms with Gasteiger partial charge < -0.3 is 9.51 Å². The first-order valence-corrected chi connectivity index (χ1v) is 6.57. The smallest absolute Gasteiger partial charge is 0.230 e. The minimum Gasteiger partial charge on any atom is -0.351 e. The van der Waals surface area contributed by atoms with E-state index in [1.54, 1.807) is 6.33 Å². The molecule has 0 spiro atoms. The lowest BCUT2D eigenvalue weighted by atomic mass is 10.1. The first-order valence-electron chi connectivity index (χ1n) is 6.57. The summed E-state index contributed by atoms with van der Waals surface area (Å²) in [6, 6.07) is 10.3. The summed E-state index contributed by atoms with van der Waals surface area (Å²) in [5.74, 6) is 1.29. The highest BCUT2D eigenvalue weighted by atomic mass is 16.5. The monoisotopic (exact) mass is 267 g/mol. The van der Waals surface area contributed by atoms with Crippen LogP contribution in [0.25, 0.3) is 0 Å². The average molecular weight is 267 g/mol. The van der Waals surface area contributed by atoms with E-state index in [0.29, 0.717) is 12.3 Å². The molecule has 101 valence electrons. The maximum atomic E-state index is 5.20. The fourth-order valence-electron chi connectivity index (χ4n) is 1.95. The number of imidazole rings is 1. The number of benzene rings is 1. The Kier molecular flexibility index (Phi) is 3.87. The maximum Gasteiger partial charge on any atom is 0.230 e. The van der Waals surface area contributed by atoms with Crippen molar-refractivity contribution in [1.29, 1.82) is 0 Å². The third kappa shape index (κ3) is 3.32. The summed E-state index contributed by atoms with van der Waals surface area (Å²) < 4.78 is 5.20. The fourth-order valence-corrected chi connectivity index (χ4v) is 1.95. The Labute approximate surface area is 117 Å². The van der Waals surface area contributed by atoms with E-state index >= 15 is 0 Å². The van der Waals surface area contributed by atoms with Crippen molar-refractivity contribution in [2.24, 2.45) is 0 Å². The van der Waals surface area contributed by atoms with Crippen LogP contribution in [0.15, 0.2) is 47.4 Å². The molecule has 0 bridgehead atoms. The second-order valence-corrected chi connectivity index (χ2v) is 4.50. The van der Waals surface area contributed by atoms with Crippen LogP contribution in [0.4, 0.5) is 0 Å². The van der Waals surface area contributed by atoms with Gasteiger partial charge in [0.15, 0.2) is 5.82 Å². The molecule has 3 aromatic rings. The summed E-state index contributed by atoms with van der Waals surface area (Å²) in [7, 11) is 0. The number of hydrogen-bond acceptors (Lipinski definition) is 4. The zero-order valence-electron chi connectivity index (χ0n) is 11.0. The zero-order chi connectivity index (χ0) is 13.6. The molecule has 0 fully saturated rings. The van der Waals surface area contributed by atoms with E-state index in [0.717, 1.165) is 24.4 Å². The lowest BCUT2D eigenvalue weighted by molar-refractivity contribution is 0.390. The van der Waals surface area contributed by atoms with Crippen molar-refractivity contribution >= 4 is 0 Å². The van der Waals surface area contributed by atoms with Crippen molar-refractivity contribution in [3.8, 4) is 0 Å². The molecule has 2 heterocycles. The average Bonchev–Trinajstić information content (AvgIpc) is 3.16. The molecular weight excluding hydrogens is 252 g/mol. The third-order valence-corrected chi connectivity index (χ3v) is 3.00. The Balaban J connectivity index is 1.51. The second kappa shape index (κ2) is 6.14. The number of nitrogens with one attached hydrogen (secondary N) is 1. The fraction of sp³-hybridized carbons (Fsp3) is 0.200. The summed E-state index contributed by atoms with van der Waals surface area (Å²) in [6.45, 7) is 0. The molecule has 20 heavy (non-hydrogen) atoms. The van der Waals surface area contributed by atoms with Gasteiger partial charge in [-0.15, -0.1) is 0 Å². The molecule has 5 heteroatoms. The molecule has 5 nitrogen and oxygen atoms in total. The van der Waals surface area contributed by atoms with Gasteiger partial charge in [0.25, 0.3) is 0 Å². The number of aromatic amines is 1. The first-order chi connectivity index (χ1) is 9.90. The van der Waals surface area contributed by atoms with E-state index in [2.05, 4.69) is 32.2 Å². The Hall–Kier alpha value is -2.43. The number of aryl methyl sites for hydroxylation is 2. The van der Waals surface area contributed by atoms with Crippen LogP contribution in [-0.2, 0) is 19.3 Å². The van der Waals surface area contributed by atoms with Gasteiger partial charge in [-0.1, -0.05) is 35.5 Å². The number of rotatable bonds is 6. The predicted octanol–water partition coefficient (Wildman–Crippen LogP) is 2.37.